The summed E-state index contributed by atoms with van der Waals surface area (Å²) in [7, 11) is 0. The van der Waals surface area contributed by atoms with E-state index in [9.17, 15) is 35.1 Å². The Morgan fingerprint density at radius 3 is 1.67 bits per heavy atom. The van der Waals surface area contributed by atoms with E-state index >= 15 is 0 Å². The van der Waals surface area contributed by atoms with Crippen LogP contribution >= 0.6 is 0 Å². The first-order valence-electron chi connectivity index (χ1n) is 9.17. The maximum absolute atomic E-state index is 11.7. The molecule has 0 unspecified atom stereocenters. The van der Waals surface area contributed by atoms with Crippen molar-refractivity contribution in [3.05, 3.63) is 40.5 Å². The Hall–Kier alpha value is -3.42. The van der Waals surface area contributed by atoms with E-state index in [-0.39, 0.29) is 17.1 Å². The van der Waals surface area contributed by atoms with Crippen LogP contribution in [-0.4, -0.2) is 37.5 Å². The third kappa shape index (κ3) is 4.27. The first-order chi connectivity index (χ1) is 13.6. The molecule has 0 aliphatic heterocycles. The van der Waals surface area contributed by atoms with E-state index in [0.29, 0.717) is 5.56 Å². The van der Waals surface area contributed by atoms with Crippen molar-refractivity contribution in [1.29, 1.82) is 0 Å². The molecular weight excluding hydrogens is 392 g/mol. The largest absolute Gasteiger partial charge is 0.507 e. The van der Waals surface area contributed by atoms with Crippen LogP contribution < -0.4 is 4.74 Å². The number of phenolic OH excluding ortho intramolecular Hbond substituents is 1. The molecule has 2 aromatic rings. The number of carboxylic acids is 2. The number of hydrogen-bond donors (Lipinski definition) is 5. The molecule has 0 saturated heterocycles. The molecular formula is C22H26O8. The van der Waals surface area contributed by atoms with Crippen LogP contribution in [0.15, 0.2) is 18.2 Å². The number of rotatable bonds is 4. The third-order valence-corrected chi connectivity index (χ3v) is 4.64. The van der Waals surface area contributed by atoms with E-state index in [1.807, 2.05) is 20.8 Å². The number of phenols is 3. The second-order valence-corrected chi connectivity index (χ2v) is 9.08. The van der Waals surface area contributed by atoms with Gasteiger partial charge in [0.2, 0.25) is 0 Å². The van der Waals surface area contributed by atoms with Gasteiger partial charge in [-0.3, -0.25) is 0 Å². The summed E-state index contributed by atoms with van der Waals surface area (Å²) >= 11 is 0. The molecule has 8 heteroatoms. The SMILES string of the molecule is CC(C)(C)c1cc(O)c(C(=O)O)c(Oc2cc(C(C)(C)C)c(O)c(O)c2C(=O)O)c1. The molecule has 0 bridgehead atoms. The van der Waals surface area contributed by atoms with Gasteiger partial charge in [0, 0.05) is 5.56 Å². The number of aromatic hydroxyl groups is 3. The van der Waals surface area contributed by atoms with Crippen molar-refractivity contribution in [1.82, 2.24) is 0 Å². The second kappa shape index (κ2) is 7.44. The summed E-state index contributed by atoms with van der Waals surface area (Å²) in [5, 5.41) is 50.0. The summed E-state index contributed by atoms with van der Waals surface area (Å²) in [5.41, 5.74) is -1.69. The van der Waals surface area contributed by atoms with Gasteiger partial charge in [0.25, 0.3) is 0 Å². The molecule has 0 amide bonds. The zero-order valence-electron chi connectivity index (χ0n) is 17.7. The minimum absolute atomic E-state index is 0.202. The quantitative estimate of drug-likeness (QED) is 0.454. The molecule has 0 saturated carbocycles. The molecule has 0 aliphatic rings. The molecule has 8 nitrogen and oxygen atoms in total. The normalized spacial score (nSPS) is 11.9. The van der Waals surface area contributed by atoms with Gasteiger partial charge in [-0.05, 0) is 34.6 Å². The van der Waals surface area contributed by atoms with Gasteiger partial charge in [0.05, 0.1) is 0 Å². The highest BCUT2D eigenvalue weighted by Gasteiger charge is 2.30. The number of hydrogen-bond acceptors (Lipinski definition) is 6. The van der Waals surface area contributed by atoms with Gasteiger partial charge in [0.1, 0.15) is 28.4 Å². The molecule has 2 rings (SSSR count). The van der Waals surface area contributed by atoms with Crippen LogP contribution in [0.5, 0.6) is 28.7 Å². The van der Waals surface area contributed by atoms with Crippen LogP contribution in [0.25, 0.3) is 0 Å². The third-order valence-electron chi connectivity index (χ3n) is 4.64. The maximum Gasteiger partial charge on any atom is 0.343 e. The van der Waals surface area contributed by atoms with Crippen molar-refractivity contribution in [3.63, 3.8) is 0 Å². The highest BCUT2D eigenvalue weighted by atomic mass is 16.5. The van der Waals surface area contributed by atoms with E-state index in [4.69, 9.17) is 4.74 Å². The summed E-state index contributed by atoms with van der Waals surface area (Å²) in [6, 6.07) is 3.95. The highest BCUT2D eigenvalue weighted by Crippen LogP contribution is 2.46. The summed E-state index contributed by atoms with van der Waals surface area (Å²) in [5.74, 6) is -5.74. The van der Waals surface area contributed by atoms with Crippen LogP contribution in [0.3, 0.4) is 0 Å². The number of aromatic carboxylic acids is 2. The molecule has 5 N–H and O–H groups in total. The fraction of sp³-hybridized carbons (Fsp3) is 0.364. The Kier molecular flexibility index (Phi) is 5.67. The Bertz CT molecular complexity index is 1020. The lowest BCUT2D eigenvalue weighted by Gasteiger charge is -2.24. The molecule has 0 spiro atoms. The first-order valence-corrected chi connectivity index (χ1v) is 9.17. The standard InChI is InChI=1S/C22H26O8/c1-21(2,3)10-7-12(23)15(19(26)27)13(8-10)30-14-9-11(22(4,5)6)17(24)18(25)16(14)20(28)29/h7-9,23-25H,1-6H3,(H,26,27)(H,28,29). The summed E-state index contributed by atoms with van der Waals surface area (Å²) in [6.07, 6.45) is 0. The van der Waals surface area contributed by atoms with Gasteiger partial charge in [-0.2, -0.15) is 0 Å². The minimum atomic E-state index is -1.58. The topological polar surface area (TPSA) is 145 Å². The fourth-order valence-corrected chi connectivity index (χ4v) is 2.94. The van der Waals surface area contributed by atoms with Crippen molar-refractivity contribution < 1.29 is 39.9 Å². The van der Waals surface area contributed by atoms with Crippen molar-refractivity contribution in [3.8, 4) is 28.7 Å². The minimum Gasteiger partial charge on any atom is -0.507 e. The molecule has 0 heterocycles. The highest BCUT2D eigenvalue weighted by molar-refractivity contribution is 5.97. The van der Waals surface area contributed by atoms with Crippen LogP contribution in [0.1, 0.15) is 73.4 Å². The molecule has 0 aromatic heterocycles. The molecule has 0 fully saturated rings. The zero-order valence-corrected chi connectivity index (χ0v) is 17.7. The first kappa shape index (κ1) is 22.9. The summed E-state index contributed by atoms with van der Waals surface area (Å²) in [6.45, 7) is 10.7. The van der Waals surface area contributed by atoms with E-state index < -0.39 is 51.1 Å². The average Bonchev–Trinajstić information content (AvgIpc) is 2.54. The monoisotopic (exact) mass is 418 g/mol. The smallest absolute Gasteiger partial charge is 0.343 e. The summed E-state index contributed by atoms with van der Waals surface area (Å²) < 4.78 is 5.66. The molecule has 0 aliphatic carbocycles. The van der Waals surface area contributed by atoms with E-state index in [2.05, 4.69) is 0 Å². The number of carboxylic acid groups (broad SMARTS) is 2. The van der Waals surface area contributed by atoms with Crippen LogP contribution in [0.4, 0.5) is 0 Å². The van der Waals surface area contributed by atoms with Crippen molar-refractivity contribution in [2.75, 3.05) is 0 Å². The lowest BCUT2D eigenvalue weighted by Crippen LogP contribution is -2.14. The lowest BCUT2D eigenvalue weighted by molar-refractivity contribution is 0.0683. The maximum atomic E-state index is 11.7. The van der Waals surface area contributed by atoms with Crippen molar-refractivity contribution in [2.45, 2.75) is 52.4 Å². The Morgan fingerprint density at radius 2 is 1.23 bits per heavy atom. The van der Waals surface area contributed by atoms with Crippen LogP contribution in [0.2, 0.25) is 0 Å². The van der Waals surface area contributed by atoms with E-state index in [0.717, 1.165) is 0 Å². The Morgan fingerprint density at radius 1 is 0.733 bits per heavy atom. The lowest BCUT2D eigenvalue weighted by atomic mass is 9.85. The number of benzene rings is 2. The predicted molar refractivity (Wildman–Crippen MR) is 109 cm³/mol. The van der Waals surface area contributed by atoms with Gasteiger partial charge in [-0.1, -0.05) is 41.5 Å². The van der Waals surface area contributed by atoms with E-state index in [1.165, 1.54) is 18.2 Å². The van der Waals surface area contributed by atoms with Gasteiger partial charge in [-0.25, -0.2) is 9.59 Å². The molecule has 2 aromatic carbocycles. The van der Waals surface area contributed by atoms with Gasteiger partial charge >= 0.3 is 11.9 Å². The molecule has 162 valence electrons. The van der Waals surface area contributed by atoms with Crippen molar-refractivity contribution >= 4 is 11.9 Å². The van der Waals surface area contributed by atoms with Gasteiger partial charge in [-0.15, -0.1) is 0 Å². The number of ether oxygens (including phenoxy) is 1. The molecule has 0 atom stereocenters. The van der Waals surface area contributed by atoms with Crippen LogP contribution in [0, 0.1) is 0 Å². The Labute approximate surface area is 174 Å². The van der Waals surface area contributed by atoms with Gasteiger partial charge in [0.15, 0.2) is 11.5 Å². The van der Waals surface area contributed by atoms with Gasteiger partial charge < -0.3 is 30.3 Å². The average molecular weight is 418 g/mol. The Balaban J connectivity index is 2.84. The van der Waals surface area contributed by atoms with Crippen LogP contribution in [-0.2, 0) is 10.8 Å². The zero-order chi connectivity index (χ0) is 23.2. The molecule has 0 radical (unpaired) electrons. The fourth-order valence-electron chi connectivity index (χ4n) is 2.94. The predicted octanol–water partition coefficient (Wildman–Crippen LogP) is 4.59. The van der Waals surface area contributed by atoms with E-state index in [1.54, 1.807) is 20.8 Å². The summed E-state index contributed by atoms with van der Waals surface area (Å²) in [4.78, 5) is 23.5. The second-order valence-electron chi connectivity index (χ2n) is 9.08. The van der Waals surface area contributed by atoms with Crippen molar-refractivity contribution in [2.24, 2.45) is 0 Å². The molecule has 30 heavy (non-hydrogen) atoms. The number of carbonyl (C=O) groups is 2.